The third kappa shape index (κ3) is 1.42. The standard InChI is InChI=1S/C13H21N/c1-13(5-2-6-13)14-9-12-8-10-3-4-11(12)7-10/h3-4,10-12,14H,2,5-9H2,1H3. The van der Waals surface area contributed by atoms with Gasteiger partial charge in [-0.25, -0.2) is 0 Å². The van der Waals surface area contributed by atoms with Gasteiger partial charge in [-0.1, -0.05) is 12.2 Å². The van der Waals surface area contributed by atoms with E-state index in [2.05, 4.69) is 24.4 Å². The summed E-state index contributed by atoms with van der Waals surface area (Å²) in [5.74, 6) is 2.79. The van der Waals surface area contributed by atoms with E-state index < -0.39 is 0 Å². The molecule has 78 valence electrons. The molecule has 3 aliphatic carbocycles. The second-order valence-corrected chi connectivity index (χ2v) is 5.84. The predicted octanol–water partition coefficient (Wildman–Crippen LogP) is 2.73. The molecule has 0 spiro atoms. The summed E-state index contributed by atoms with van der Waals surface area (Å²) in [6.07, 6.45) is 12.0. The molecule has 0 aliphatic heterocycles. The van der Waals surface area contributed by atoms with Crippen LogP contribution in [0.25, 0.3) is 0 Å². The first kappa shape index (κ1) is 8.96. The van der Waals surface area contributed by atoms with Gasteiger partial charge in [0.15, 0.2) is 0 Å². The van der Waals surface area contributed by atoms with Crippen LogP contribution in [0.3, 0.4) is 0 Å². The molecule has 1 nitrogen and oxygen atoms in total. The van der Waals surface area contributed by atoms with Gasteiger partial charge in [-0.3, -0.25) is 0 Å². The zero-order chi connectivity index (χ0) is 9.60. The molecule has 0 heterocycles. The minimum Gasteiger partial charge on any atom is -0.311 e. The van der Waals surface area contributed by atoms with Gasteiger partial charge in [0.25, 0.3) is 0 Å². The lowest BCUT2D eigenvalue weighted by Gasteiger charge is -2.40. The van der Waals surface area contributed by atoms with Crippen molar-refractivity contribution in [3.8, 4) is 0 Å². The summed E-state index contributed by atoms with van der Waals surface area (Å²) < 4.78 is 0. The maximum Gasteiger partial charge on any atom is 0.0153 e. The Morgan fingerprint density at radius 2 is 2.14 bits per heavy atom. The first-order valence-electron chi connectivity index (χ1n) is 6.19. The largest absolute Gasteiger partial charge is 0.311 e. The van der Waals surface area contributed by atoms with E-state index in [0.717, 1.165) is 17.8 Å². The predicted molar refractivity (Wildman–Crippen MR) is 59.1 cm³/mol. The van der Waals surface area contributed by atoms with Crippen molar-refractivity contribution in [3.05, 3.63) is 12.2 Å². The summed E-state index contributed by atoms with van der Waals surface area (Å²) in [6.45, 7) is 3.65. The SMILES string of the molecule is CC1(NCC2CC3C=CC2C3)CCC1. The highest BCUT2D eigenvalue weighted by Gasteiger charge is 2.37. The molecule has 2 fully saturated rings. The Morgan fingerprint density at radius 3 is 2.64 bits per heavy atom. The van der Waals surface area contributed by atoms with Gasteiger partial charge >= 0.3 is 0 Å². The number of allylic oxidation sites excluding steroid dienone is 2. The molecule has 3 unspecified atom stereocenters. The average molecular weight is 191 g/mol. The smallest absolute Gasteiger partial charge is 0.0153 e. The lowest BCUT2D eigenvalue weighted by Crippen LogP contribution is -2.50. The van der Waals surface area contributed by atoms with E-state index >= 15 is 0 Å². The van der Waals surface area contributed by atoms with Crippen molar-refractivity contribution in [2.75, 3.05) is 6.54 Å². The fourth-order valence-corrected chi connectivity index (χ4v) is 3.39. The molecular weight excluding hydrogens is 170 g/mol. The van der Waals surface area contributed by atoms with Crippen molar-refractivity contribution in [1.82, 2.24) is 5.32 Å². The maximum absolute atomic E-state index is 3.79. The molecule has 2 bridgehead atoms. The van der Waals surface area contributed by atoms with Crippen LogP contribution in [-0.2, 0) is 0 Å². The third-order valence-corrected chi connectivity index (χ3v) is 4.66. The second-order valence-electron chi connectivity index (χ2n) is 5.84. The minimum absolute atomic E-state index is 0.506. The summed E-state index contributed by atoms with van der Waals surface area (Å²) in [7, 11) is 0. The maximum atomic E-state index is 3.79. The highest BCUT2D eigenvalue weighted by atomic mass is 15.0. The van der Waals surface area contributed by atoms with E-state index in [-0.39, 0.29) is 0 Å². The van der Waals surface area contributed by atoms with Crippen molar-refractivity contribution < 1.29 is 0 Å². The van der Waals surface area contributed by atoms with Gasteiger partial charge in [0.1, 0.15) is 0 Å². The summed E-state index contributed by atoms with van der Waals surface area (Å²) >= 11 is 0. The second kappa shape index (κ2) is 3.10. The summed E-state index contributed by atoms with van der Waals surface area (Å²) in [4.78, 5) is 0. The first-order valence-corrected chi connectivity index (χ1v) is 6.19. The van der Waals surface area contributed by atoms with Crippen LogP contribution >= 0.6 is 0 Å². The molecule has 0 radical (unpaired) electrons. The Labute approximate surface area is 87.0 Å². The Hall–Kier alpha value is -0.300. The summed E-state index contributed by atoms with van der Waals surface area (Å²) in [5.41, 5.74) is 0.506. The Balaban J connectivity index is 1.51. The van der Waals surface area contributed by atoms with E-state index in [1.54, 1.807) is 0 Å². The zero-order valence-electron chi connectivity index (χ0n) is 9.13. The highest BCUT2D eigenvalue weighted by Crippen LogP contribution is 2.43. The quantitative estimate of drug-likeness (QED) is 0.676. The van der Waals surface area contributed by atoms with Crippen LogP contribution < -0.4 is 5.32 Å². The fourth-order valence-electron chi connectivity index (χ4n) is 3.39. The topological polar surface area (TPSA) is 12.0 Å². The van der Waals surface area contributed by atoms with Crippen molar-refractivity contribution >= 4 is 0 Å². The molecule has 0 aromatic heterocycles. The molecule has 1 heteroatoms. The van der Waals surface area contributed by atoms with Crippen LogP contribution in [0.4, 0.5) is 0 Å². The van der Waals surface area contributed by atoms with Crippen LogP contribution in [0.1, 0.15) is 39.0 Å². The Kier molecular flexibility index (Phi) is 1.98. The van der Waals surface area contributed by atoms with Gasteiger partial charge in [-0.2, -0.15) is 0 Å². The summed E-state index contributed by atoms with van der Waals surface area (Å²) in [6, 6.07) is 0. The van der Waals surface area contributed by atoms with E-state index in [1.165, 1.54) is 38.6 Å². The van der Waals surface area contributed by atoms with Crippen LogP contribution in [0.15, 0.2) is 12.2 Å². The van der Waals surface area contributed by atoms with Crippen LogP contribution in [0.2, 0.25) is 0 Å². The van der Waals surface area contributed by atoms with E-state index in [0.29, 0.717) is 5.54 Å². The average Bonchev–Trinajstić information content (AvgIpc) is 2.72. The van der Waals surface area contributed by atoms with Crippen molar-refractivity contribution in [2.45, 2.75) is 44.6 Å². The van der Waals surface area contributed by atoms with E-state index in [9.17, 15) is 0 Å². The molecule has 1 N–H and O–H groups in total. The molecular formula is C13H21N. The zero-order valence-corrected chi connectivity index (χ0v) is 9.13. The van der Waals surface area contributed by atoms with Crippen LogP contribution in [-0.4, -0.2) is 12.1 Å². The van der Waals surface area contributed by atoms with Crippen molar-refractivity contribution in [1.29, 1.82) is 0 Å². The Bertz CT molecular complexity index is 252. The number of rotatable bonds is 3. The number of fused-ring (bicyclic) bond motifs is 2. The van der Waals surface area contributed by atoms with Gasteiger partial charge in [-0.15, -0.1) is 0 Å². The van der Waals surface area contributed by atoms with Gasteiger partial charge in [0.2, 0.25) is 0 Å². The minimum atomic E-state index is 0.506. The fraction of sp³-hybridized carbons (Fsp3) is 0.846. The molecule has 14 heavy (non-hydrogen) atoms. The first-order chi connectivity index (χ1) is 6.75. The van der Waals surface area contributed by atoms with Crippen LogP contribution in [0.5, 0.6) is 0 Å². The van der Waals surface area contributed by atoms with Gasteiger partial charge in [-0.05, 0) is 63.3 Å². The molecule has 2 saturated carbocycles. The lowest BCUT2D eigenvalue weighted by atomic mass is 9.78. The molecule has 3 aliphatic rings. The third-order valence-electron chi connectivity index (χ3n) is 4.66. The van der Waals surface area contributed by atoms with Crippen molar-refractivity contribution in [3.63, 3.8) is 0 Å². The molecule has 0 amide bonds. The van der Waals surface area contributed by atoms with E-state index in [1.807, 2.05) is 0 Å². The molecule has 3 rings (SSSR count). The van der Waals surface area contributed by atoms with Crippen molar-refractivity contribution in [2.24, 2.45) is 17.8 Å². The Morgan fingerprint density at radius 1 is 1.29 bits per heavy atom. The van der Waals surface area contributed by atoms with Gasteiger partial charge in [0.05, 0.1) is 0 Å². The monoisotopic (exact) mass is 191 g/mol. The normalized spacial score (nSPS) is 42.8. The molecule has 0 saturated heterocycles. The summed E-state index contributed by atoms with van der Waals surface area (Å²) in [5, 5.41) is 3.79. The van der Waals surface area contributed by atoms with E-state index in [4.69, 9.17) is 0 Å². The molecule has 0 aromatic rings. The lowest BCUT2D eigenvalue weighted by molar-refractivity contribution is 0.192. The number of hydrogen-bond acceptors (Lipinski definition) is 1. The van der Waals surface area contributed by atoms with Gasteiger partial charge in [0, 0.05) is 5.54 Å². The highest BCUT2D eigenvalue weighted by molar-refractivity contribution is 5.10. The number of nitrogens with one attached hydrogen (secondary N) is 1. The van der Waals surface area contributed by atoms with Crippen LogP contribution in [0, 0.1) is 17.8 Å². The molecule has 3 atom stereocenters. The number of hydrogen-bond donors (Lipinski definition) is 1. The molecule has 0 aromatic carbocycles. The van der Waals surface area contributed by atoms with Gasteiger partial charge < -0.3 is 5.32 Å².